The van der Waals surface area contributed by atoms with Gasteiger partial charge in [-0.05, 0) is 32.6 Å². The molecule has 0 spiro atoms. The highest BCUT2D eigenvalue weighted by atomic mass is 16.5. The molecule has 7 heteroatoms. The Labute approximate surface area is 148 Å². The van der Waals surface area contributed by atoms with Crippen molar-refractivity contribution < 1.29 is 9.53 Å². The van der Waals surface area contributed by atoms with E-state index in [1.165, 1.54) is 0 Å². The third-order valence-electron chi connectivity index (χ3n) is 4.44. The van der Waals surface area contributed by atoms with Crippen LogP contribution in [0.4, 0.5) is 0 Å². The van der Waals surface area contributed by atoms with E-state index in [2.05, 4.69) is 15.0 Å². The molecule has 3 heterocycles. The molecule has 2 aromatic heterocycles. The molecular formula is C18H25N5O2. The molecule has 1 fully saturated rings. The van der Waals surface area contributed by atoms with Crippen molar-refractivity contribution in [3.8, 4) is 0 Å². The van der Waals surface area contributed by atoms with Gasteiger partial charge in [-0.2, -0.15) is 5.10 Å². The summed E-state index contributed by atoms with van der Waals surface area (Å²) in [7, 11) is 5.89. The van der Waals surface area contributed by atoms with Crippen LogP contribution >= 0.6 is 0 Å². The maximum atomic E-state index is 13.2. The summed E-state index contributed by atoms with van der Waals surface area (Å²) < 4.78 is 7.77. The lowest BCUT2D eigenvalue weighted by Gasteiger charge is -2.41. The molecule has 0 bridgehead atoms. The SMILES string of the molecule is Cc1cccnc1C(=O)N1CCO[C@@H](CN(C)C)[C@@H]1c1cnn(C)c1. The monoisotopic (exact) mass is 343 g/mol. The maximum absolute atomic E-state index is 13.2. The van der Waals surface area contributed by atoms with Crippen molar-refractivity contribution in [1.29, 1.82) is 0 Å². The Morgan fingerprint density at radius 2 is 2.24 bits per heavy atom. The normalized spacial score (nSPS) is 20.9. The van der Waals surface area contributed by atoms with E-state index in [0.717, 1.165) is 17.7 Å². The lowest BCUT2D eigenvalue weighted by Crippen LogP contribution is -2.51. The van der Waals surface area contributed by atoms with Crippen LogP contribution in [0, 0.1) is 6.92 Å². The highest BCUT2D eigenvalue weighted by Crippen LogP contribution is 2.31. The van der Waals surface area contributed by atoms with Gasteiger partial charge in [-0.15, -0.1) is 0 Å². The van der Waals surface area contributed by atoms with Crippen LogP contribution in [0.25, 0.3) is 0 Å². The zero-order chi connectivity index (χ0) is 18.0. The summed E-state index contributed by atoms with van der Waals surface area (Å²) in [6, 6.07) is 3.58. The van der Waals surface area contributed by atoms with E-state index >= 15 is 0 Å². The van der Waals surface area contributed by atoms with Crippen molar-refractivity contribution in [3.05, 3.63) is 47.5 Å². The second-order valence-corrected chi connectivity index (χ2v) is 6.73. The Balaban J connectivity index is 1.97. The first-order valence-electron chi connectivity index (χ1n) is 8.45. The number of ether oxygens (including phenoxy) is 1. The van der Waals surface area contributed by atoms with Crippen LogP contribution in [0.15, 0.2) is 30.7 Å². The van der Waals surface area contributed by atoms with E-state index in [9.17, 15) is 4.79 Å². The lowest BCUT2D eigenvalue weighted by molar-refractivity contribution is -0.0686. The number of likely N-dealkylation sites (N-methyl/N-ethyl adjacent to an activating group) is 1. The largest absolute Gasteiger partial charge is 0.373 e. The number of pyridine rings is 1. The summed E-state index contributed by atoms with van der Waals surface area (Å²) >= 11 is 0. The van der Waals surface area contributed by atoms with E-state index < -0.39 is 0 Å². The van der Waals surface area contributed by atoms with Crippen molar-refractivity contribution in [3.63, 3.8) is 0 Å². The van der Waals surface area contributed by atoms with Crippen molar-refractivity contribution in [2.24, 2.45) is 7.05 Å². The first kappa shape index (κ1) is 17.6. The second-order valence-electron chi connectivity index (χ2n) is 6.73. The molecule has 1 aliphatic rings. The van der Waals surface area contributed by atoms with Crippen molar-refractivity contribution >= 4 is 5.91 Å². The number of aromatic nitrogens is 3. The number of hydrogen-bond donors (Lipinski definition) is 0. The van der Waals surface area contributed by atoms with E-state index in [1.807, 2.05) is 57.5 Å². The smallest absolute Gasteiger partial charge is 0.273 e. The van der Waals surface area contributed by atoms with Crippen molar-refractivity contribution in [2.45, 2.75) is 19.1 Å². The quantitative estimate of drug-likeness (QED) is 0.836. The average molecular weight is 343 g/mol. The lowest BCUT2D eigenvalue weighted by atomic mass is 9.99. The van der Waals surface area contributed by atoms with Gasteiger partial charge in [0, 0.05) is 38.1 Å². The van der Waals surface area contributed by atoms with Gasteiger partial charge in [0.15, 0.2) is 0 Å². The fraction of sp³-hybridized carbons (Fsp3) is 0.500. The molecule has 2 atom stereocenters. The first-order valence-corrected chi connectivity index (χ1v) is 8.45. The Kier molecular flexibility index (Phi) is 5.15. The van der Waals surface area contributed by atoms with Gasteiger partial charge in [0.05, 0.1) is 24.9 Å². The van der Waals surface area contributed by atoms with Crippen molar-refractivity contribution in [1.82, 2.24) is 24.6 Å². The fourth-order valence-electron chi connectivity index (χ4n) is 3.31. The summed E-state index contributed by atoms with van der Waals surface area (Å²) in [5.74, 6) is -0.0565. The number of carbonyl (C=O) groups excluding carboxylic acids is 1. The minimum absolute atomic E-state index is 0.0565. The molecule has 0 saturated carbocycles. The Hall–Kier alpha value is -2.25. The number of carbonyl (C=O) groups is 1. The molecule has 3 rings (SSSR count). The maximum Gasteiger partial charge on any atom is 0.273 e. The zero-order valence-corrected chi connectivity index (χ0v) is 15.2. The standard InChI is InChI=1S/C18H25N5O2/c1-13-6-5-7-19-16(13)18(24)23-8-9-25-15(12-21(2)3)17(23)14-10-20-22(4)11-14/h5-7,10-11,15,17H,8-9,12H2,1-4H3/t15-,17-/m0/s1. The zero-order valence-electron chi connectivity index (χ0n) is 15.2. The Bertz CT molecular complexity index is 743. The predicted octanol–water partition coefficient (Wildman–Crippen LogP) is 1.27. The summed E-state index contributed by atoms with van der Waals surface area (Å²) in [6.07, 6.45) is 5.32. The molecule has 1 aliphatic heterocycles. The summed E-state index contributed by atoms with van der Waals surface area (Å²) in [6.45, 7) is 3.70. The number of rotatable bonds is 4. The van der Waals surface area contributed by atoms with E-state index in [1.54, 1.807) is 10.9 Å². The predicted molar refractivity (Wildman–Crippen MR) is 94.3 cm³/mol. The average Bonchev–Trinajstić information content (AvgIpc) is 3.00. The molecule has 0 aliphatic carbocycles. The van der Waals surface area contributed by atoms with Crippen LogP contribution in [-0.2, 0) is 11.8 Å². The highest BCUT2D eigenvalue weighted by Gasteiger charge is 2.38. The van der Waals surface area contributed by atoms with Gasteiger partial charge in [-0.1, -0.05) is 6.07 Å². The van der Waals surface area contributed by atoms with Gasteiger partial charge in [0.1, 0.15) is 5.69 Å². The third kappa shape index (κ3) is 3.72. The molecular weight excluding hydrogens is 318 g/mol. The van der Waals surface area contributed by atoms with Crippen LogP contribution in [0.3, 0.4) is 0 Å². The number of amides is 1. The Morgan fingerprint density at radius 1 is 1.44 bits per heavy atom. The number of aryl methyl sites for hydroxylation is 2. The summed E-state index contributed by atoms with van der Waals surface area (Å²) in [5, 5.41) is 4.28. The molecule has 1 saturated heterocycles. The molecule has 7 nitrogen and oxygen atoms in total. The minimum Gasteiger partial charge on any atom is -0.373 e. The molecule has 25 heavy (non-hydrogen) atoms. The van der Waals surface area contributed by atoms with E-state index in [0.29, 0.717) is 18.8 Å². The van der Waals surface area contributed by atoms with Crippen LogP contribution < -0.4 is 0 Å². The molecule has 2 aromatic rings. The van der Waals surface area contributed by atoms with Gasteiger partial charge in [0.2, 0.25) is 0 Å². The molecule has 1 amide bonds. The molecule has 134 valence electrons. The Morgan fingerprint density at radius 3 is 2.88 bits per heavy atom. The van der Waals surface area contributed by atoms with Crippen LogP contribution in [0.1, 0.15) is 27.7 Å². The van der Waals surface area contributed by atoms with Crippen LogP contribution in [-0.4, -0.2) is 70.4 Å². The van der Waals surface area contributed by atoms with E-state index in [-0.39, 0.29) is 18.1 Å². The molecule has 0 N–H and O–H groups in total. The molecule has 0 radical (unpaired) electrons. The third-order valence-corrected chi connectivity index (χ3v) is 4.44. The van der Waals surface area contributed by atoms with Crippen LogP contribution in [0.2, 0.25) is 0 Å². The van der Waals surface area contributed by atoms with Gasteiger partial charge < -0.3 is 14.5 Å². The number of nitrogens with zero attached hydrogens (tertiary/aromatic N) is 5. The molecule has 0 aromatic carbocycles. The van der Waals surface area contributed by atoms with Crippen molar-refractivity contribution in [2.75, 3.05) is 33.8 Å². The van der Waals surface area contributed by atoms with Gasteiger partial charge >= 0.3 is 0 Å². The number of hydrogen-bond acceptors (Lipinski definition) is 5. The van der Waals surface area contributed by atoms with Gasteiger partial charge in [0.25, 0.3) is 5.91 Å². The van der Waals surface area contributed by atoms with E-state index in [4.69, 9.17) is 4.74 Å². The summed E-state index contributed by atoms with van der Waals surface area (Å²) in [5.41, 5.74) is 2.37. The summed E-state index contributed by atoms with van der Waals surface area (Å²) in [4.78, 5) is 21.5. The number of morpholine rings is 1. The van der Waals surface area contributed by atoms with Gasteiger partial charge in [-0.25, -0.2) is 0 Å². The fourth-order valence-corrected chi connectivity index (χ4v) is 3.31. The minimum atomic E-state index is -0.182. The van der Waals surface area contributed by atoms with Crippen LogP contribution in [0.5, 0.6) is 0 Å². The first-order chi connectivity index (χ1) is 12.0. The highest BCUT2D eigenvalue weighted by molar-refractivity contribution is 5.94. The van der Waals surface area contributed by atoms with Gasteiger partial charge in [-0.3, -0.25) is 14.5 Å². The second kappa shape index (κ2) is 7.33. The molecule has 0 unspecified atom stereocenters. The topological polar surface area (TPSA) is 63.5 Å².